The van der Waals surface area contributed by atoms with Gasteiger partial charge < -0.3 is 23.8 Å². The second-order valence-electron chi connectivity index (χ2n) is 17.4. The number of quaternary nitrogens is 1. The standard InChI is InChI=1S/C48H91NO7/c1-6-8-10-12-14-16-18-20-22-23-25-27-29-31-33-35-37-39-47(51)56-44(42-54-41-40-45(48(52)53)49(3,4)5)43-55-46(50)38-36-34-32-30-28-26-24-21-19-17-15-13-11-9-7-2/h20,22,44-45H,6-19,21,23-43H2,1-5H3/p+1/b22-20-. The summed E-state index contributed by atoms with van der Waals surface area (Å²) in [5.41, 5.74) is 0. The molecule has 0 bridgehead atoms. The molecule has 0 radical (unpaired) electrons. The third kappa shape index (κ3) is 37.6. The van der Waals surface area contributed by atoms with Crippen molar-refractivity contribution < 1.29 is 38.2 Å². The zero-order valence-electron chi connectivity index (χ0n) is 37.6. The van der Waals surface area contributed by atoms with Gasteiger partial charge in [0.25, 0.3) is 0 Å². The molecule has 0 saturated heterocycles. The minimum absolute atomic E-state index is 0.0464. The van der Waals surface area contributed by atoms with Crippen LogP contribution in [0.15, 0.2) is 12.2 Å². The minimum atomic E-state index is -0.872. The number of carboxylic acid groups (broad SMARTS) is 1. The highest BCUT2D eigenvalue weighted by atomic mass is 16.6. The van der Waals surface area contributed by atoms with Crippen molar-refractivity contribution in [2.75, 3.05) is 41.0 Å². The molecule has 0 aromatic rings. The number of carbonyl (C=O) groups excluding carboxylic acids is 2. The zero-order valence-corrected chi connectivity index (χ0v) is 37.6. The topological polar surface area (TPSA) is 99.1 Å². The number of allylic oxidation sites excluding steroid dienone is 2. The fraction of sp³-hybridized carbons (Fsp3) is 0.896. The summed E-state index contributed by atoms with van der Waals surface area (Å²) in [6.07, 6.45) is 42.5. The maximum Gasteiger partial charge on any atom is 0.362 e. The highest BCUT2D eigenvalue weighted by molar-refractivity contribution is 5.72. The summed E-state index contributed by atoms with van der Waals surface area (Å²) in [5, 5.41) is 9.63. The Morgan fingerprint density at radius 3 is 1.29 bits per heavy atom. The lowest BCUT2D eigenvalue weighted by Crippen LogP contribution is -2.50. The van der Waals surface area contributed by atoms with Crippen LogP contribution in [0, 0.1) is 0 Å². The molecule has 0 aliphatic carbocycles. The van der Waals surface area contributed by atoms with Crippen molar-refractivity contribution in [3.63, 3.8) is 0 Å². The van der Waals surface area contributed by atoms with E-state index in [-0.39, 0.29) is 36.2 Å². The number of nitrogens with zero attached hydrogens (tertiary/aromatic N) is 1. The van der Waals surface area contributed by atoms with Gasteiger partial charge in [-0.05, 0) is 38.5 Å². The summed E-state index contributed by atoms with van der Waals surface area (Å²) in [4.78, 5) is 37.0. The van der Waals surface area contributed by atoms with Crippen LogP contribution in [0.4, 0.5) is 0 Å². The maximum absolute atomic E-state index is 12.7. The van der Waals surface area contributed by atoms with Gasteiger partial charge in [0.2, 0.25) is 0 Å². The Kier molecular flexibility index (Phi) is 38.5. The van der Waals surface area contributed by atoms with Gasteiger partial charge in [-0.3, -0.25) is 9.59 Å². The maximum atomic E-state index is 12.7. The number of likely N-dealkylation sites (N-methyl/N-ethyl adjacent to an activating group) is 1. The molecule has 0 amide bonds. The van der Waals surface area contributed by atoms with Crippen molar-refractivity contribution in [3.05, 3.63) is 12.2 Å². The molecule has 0 aromatic heterocycles. The fourth-order valence-corrected chi connectivity index (χ4v) is 7.21. The Labute approximate surface area is 346 Å². The van der Waals surface area contributed by atoms with Crippen LogP contribution in [0.25, 0.3) is 0 Å². The van der Waals surface area contributed by atoms with Crippen molar-refractivity contribution in [3.8, 4) is 0 Å². The number of aliphatic carboxylic acids is 1. The van der Waals surface area contributed by atoms with Crippen LogP contribution in [-0.2, 0) is 28.6 Å². The number of hydrogen-bond donors (Lipinski definition) is 1. The largest absolute Gasteiger partial charge is 0.477 e. The second kappa shape index (κ2) is 39.9. The third-order valence-corrected chi connectivity index (χ3v) is 10.9. The fourth-order valence-electron chi connectivity index (χ4n) is 7.21. The first-order valence-corrected chi connectivity index (χ1v) is 23.7. The zero-order chi connectivity index (χ0) is 41.4. The lowest BCUT2D eigenvalue weighted by Gasteiger charge is -2.31. The van der Waals surface area contributed by atoms with Crippen molar-refractivity contribution >= 4 is 17.9 Å². The average Bonchev–Trinajstić information content (AvgIpc) is 3.15. The summed E-state index contributed by atoms with van der Waals surface area (Å²) in [6.45, 7) is 4.76. The van der Waals surface area contributed by atoms with Gasteiger partial charge in [-0.2, -0.15) is 0 Å². The van der Waals surface area contributed by atoms with Crippen molar-refractivity contribution in [2.24, 2.45) is 0 Å². The van der Waals surface area contributed by atoms with E-state index in [1.165, 1.54) is 154 Å². The molecule has 330 valence electrons. The number of carboxylic acids is 1. The molecule has 8 heteroatoms. The van der Waals surface area contributed by atoms with Crippen LogP contribution in [0.2, 0.25) is 0 Å². The van der Waals surface area contributed by atoms with Crippen LogP contribution in [0.3, 0.4) is 0 Å². The van der Waals surface area contributed by atoms with Gasteiger partial charge in [-0.1, -0.05) is 180 Å². The minimum Gasteiger partial charge on any atom is -0.477 e. The summed E-state index contributed by atoms with van der Waals surface area (Å²) in [5.74, 6) is -1.46. The SMILES string of the molecule is CCCCCCCC/C=C\CCCCCCCCCC(=O)OC(COCCC(C(=O)O)[N+](C)(C)C)COC(=O)CCCCCCCCCCCCCCCCC. The molecular weight excluding hydrogens is 703 g/mol. The normalized spacial score (nSPS) is 12.9. The monoisotopic (exact) mass is 795 g/mol. The first-order valence-electron chi connectivity index (χ1n) is 23.7. The highest BCUT2D eigenvalue weighted by Gasteiger charge is 2.31. The predicted molar refractivity (Wildman–Crippen MR) is 234 cm³/mol. The van der Waals surface area contributed by atoms with Crippen LogP contribution in [-0.4, -0.2) is 80.6 Å². The first kappa shape index (κ1) is 54.1. The molecule has 0 fully saturated rings. The third-order valence-electron chi connectivity index (χ3n) is 10.9. The molecule has 0 spiro atoms. The van der Waals surface area contributed by atoms with Gasteiger partial charge in [0.15, 0.2) is 12.1 Å². The number of esters is 2. The number of ether oxygens (including phenoxy) is 3. The molecule has 8 nitrogen and oxygen atoms in total. The van der Waals surface area contributed by atoms with E-state index in [9.17, 15) is 19.5 Å². The van der Waals surface area contributed by atoms with Gasteiger partial charge in [-0.15, -0.1) is 0 Å². The predicted octanol–water partition coefficient (Wildman–Crippen LogP) is 13.1. The van der Waals surface area contributed by atoms with Crippen LogP contribution in [0.1, 0.15) is 226 Å². The van der Waals surface area contributed by atoms with Crippen LogP contribution < -0.4 is 0 Å². The number of unbranched alkanes of at least 4 members (excludes halogenated alkanes) is 27. The molecule has 0 aliphatic rings. The molecule has 2 unspecified atom stereocenters. The number of hydrogen-bond acceptors (Lipinski definition) is 6. The van der Waals surface area contributed by atoms with Crippen molar-refractivity contribution in [1.29, 1.82) is 0 Å². The van der Waals surface area contributed by atoms with E-state index in [0.29, 0.717) is 19.3 Å². The summed E-state index contributed by atoms with van der Waals surface area (Å²) in [6, 6.07) is -0.611. The number of rotatable bonds is 43. The Hall–Kier alpha value is -1.93. The Morgan fingerprint density at radius 2 is 0.893 bits per heavy atom. The second-order valence-corrected chi connectivity index (χ2v) is 17.4. The number of carbonyl (C=O) groups is 3. The van der Waals surface area contributed by atoms with E-state index in [4.69, 9.17) is 14.2 Å². The van der Waals surface area contributed by atoms with E-state index in [1.54, 1.807) is 0 Å². The van der Waals surface area contributed by atoms with Gasteiger partial charge in [0.05, 0.1) is 34.4 Å². The molecule has 56 heavy (non-hydrogen) atoms. The van der Waals surface area contributed by atoms with Crippen LogP contribution in [0.5, 0.6) is 0 Å². The molecule has 1 N–H and O–H groups in total. The van der Waals surface area contributed by atoms with E-state index in [0.717, 1.165) is 38.5 Å². The Morgan fingerprint density at radius 1 is 0.518 bits per heavy atom. The highest BCUT2D eigenvalue weighted by Crippen LogP contribution is 2.16. The quantitative estimate of drug-likeness (QED) is 0.0284. The molecule has 0 aliphatic heterocycles. The van der Waals surface area contributed by atoms with Gasteiger partial charge >= 0.3 is 17.9 Å². The lowest BCUT2D eigenvalue weighted by molar-refractivity contribution is -0.887. The van der Waals surface area contributed by atoms with Crippen molar-refractivity contribution in [2.45, 2.75) is 238 Å². The van der Waals surface area contributed by atoms with E-state index in [2.05, 4.69) is 26.0 Å². The molecule has 2 atom stereocenters. The molecular formula is C48H92NO7+. The average molecular weight is 795 g/mol. The molecule has 0 saturated carbocycles. The summed E-state index contributed by atoms with van der Waals surface area (Å²) < 4.78 is 17.3. The molecule has 0 heterocycles. The first-order chi connectivity index (χ1) is 27.1. The smallest absolute Gasteiger partial charge is 0.362 e. The van der Waals surface area contributed by atoms with Crippen molar-refractivity contribution in [1.82, 2.24) is 0 Å². The molecule has 0 aromatic carbocycles. The van der Waals surface area contributed by atoms with Gasteiger partial charge in [-0.25, -0.2) is 4.79 Å². The lowest BCUT2D eigenvalue weighted by atomic mass is 10.0. The van der Waals surface area contributed by atoms with Crippen LogP contribution >= 0.6 is 0 Å². The van der Waals surface area contributed by atoms with E-state index < -0.39 is 18.1 Å². The Balaban J connectivity index is 4.28. The van der Waals surface area contributed by atoms with E-state index in [1.807, 2.05) is 21.1 Å². The van der Waals surface area contributed by atoms with Gasteiger partial charge in [0, 0.05) is 19.3 Å². The van der Waals surface area contributed by atoms with E-state index >= 15 is 0 Å². The summed E-state index contributed by atoms with van der Waals surface area (Å²) >= 11 is 0. The Bertz CT molecular complexity index is 931. The summed E-state index contributed by atoms with van der Waals surface area (Å²) in [7, 11) is 5.54. The molecule has 0 rings (SSSR count). The van der Waals surface area contributed by atoms with Gasteiger partial charge in [0.1, 0.15) is 6.61 Å².